The standard InChI is InChI=1S/C18H17N5O3S/c1-23-11-15(10-20-23)14-6-13(7-19-9-14)8-21-27(24,25)12-17-16-4-2-3-5-18(16)26-22-17/h2-7,9-11,21H,8,12H2,1H3. The van der Waals surface area contributed by atoms with Gasteiger partial charge in [-0.05, 0) is 23.8 Å². The van der Waals surface area contributed by atoms with Gasteiger partial charge in [0.1, 0.15) is 11.4 Å². The van der Waals surface area contributed by atoms with Gasteiger partial charge in [-0.15, -0.1) is 0 Å². The molecule has 0 saturated heterocycles. The van der Waals surface area contributed by atoms with Crippen LogP contribution in [0.2, 0.25) is 0 Å². The summed E-state index contributed by atoms with van der Waals surface area (Å²) in [4.78, 5) is 4.19. The average molecular weight is 383 g/mol. The second-order valence-corrected chi connectivity index (χ2v) is 8.00. The van der Waals surface area contributed by atoms with Crippen molar-refractivity contribution in [2.75, 3.05) is 0 Å². The smallest absolute Gasteiger partial charge is 0.217 e. The van der Waals surface area contributed by atoms with Gasteiger partial charge in [-0.3, -0.25) is 9.67 Å². The Balaban J connectivity index is 1.48. The molecule has 0 fully saturated rings. The van der Waals surface area contributed by atoms with Gasteiger partial charge in [0.15, 0.2) is 5.58 Å². The summed E-state index contributed by atoms with van der Waals surface area (Å²) in [7, 11) is -1.75. The number of nitrogens with one attached hydrogen (secondary N) is 1. The second-order valence-electron chi connectivity index (χ2n) is 6.19. The molecular formula is C18H17N5O3S. The van der Waals surface area contributed by atoms with Crippen LogP contribution < -0.4 is 4.72 Å². The Morgan fingerprint density at radius 1 is 1.15 bits per heavy atom. The molecule has 138 valence electrons. The van der Waals surface area contributed by atoms with Crippen molar-refractivity contribution in [2.24, 2.45) is 7.05 Å². The van der Waals surface area contributed by atoms with E-state index in [1.807, 2.05) is 31.4 Å². The zero-order valence-corrected chi connectivity index (χ0v) is 15.3. The molecule has 3 aromatic heterocycles. The normalized spacial score (nSPS) is 11.9. The fraction of sp³-hybridized carbons (Fsp3) is 0.167. The van der Waals surface area contributed by atoms with E-state index in [0.717, 1.165) is 16.7 Å². The molecule has 0 spiro atoms. The molecule has 0 amide bonds. The molecule has 1 aromatic carbocycles. The van der Waals surface area contributed by atoms with Gasteiger partial charge in [0, 0.05) is 48.7 Å². The Labute approximate surface area is 155 Å². The number of hydrogen-bond acceptors (Lipinski definition) is 6. The van der Waals surface area contributed by atoms with E-state index in [2.05, 4.69) is 20.0 Å². The van der Waals surface area contributed by atoms with E-state index in [4.69, 9.17) is 4.52 Å². The van der Waals surface area contributed by atoms with Crippen molar-refractivity contribution in [3.63, 3.8) is 0 Å². The van der Waals surface area contributed by atoms with Gasteiger partial charge in [0.2, 0.25) is 10.0 Å². The fourth-order valence-electron chi connectivity index (χ4n) is 2.78. The Hall–Kier alpha value is -3.04. The third-order valence-corrected chi connectivity index (χ3v) is 5.35. The van der Waals surface area contributed by atoms with E-state index < -0.39 is 10.0 Å². The van der Waals surface area contributed by atoms with Crippen molar-refractivity contribution >= 4 is 21.0 Å². The molecule has 0 bridgehead atoms. The summed E-state index contributed by atoms with van der Waals surface area (Å²) in [5.74, 6) is -0.250. The minimum Gasteiger partial charge on any atom is -0.356 e. The highest BCUT2D eigenvalue weighted by Gasteiger charge is 2.17. The van der Waals surface area contributed by atoms with E-state index in [-0.39, 0.29) is 12.3 Å². The zero-order valence-electron chi connectivity index (χ0n) is 14.5. The summed E-state index contributed by atoms with van der Waals surface area (Å²) in [5, 5.41) is 8.71. The molecule has 1 N–H and O–H groups in total. The molecule has 27 heavy (non-hydrogen) atoms. The van der Waals surface area contributed by atoms with Gasteiger partial charge < -0.3 is 4.52 Å². The van der Waals surface area contributed by atoms with E-state index in [9.17, 15) is 8.42 Å². The first kappa shape index (κ1) is 17.4. The number of sulfonamides is 1. The summed E-state index contributed by atoms with van der Waals surface area (Å²) < 4.78 is 34.4. The van der Waals surface area contributed by atoms with Crippen molar-refractivity contribution in [1.29, 1.82) is 0 Å². The van der Waals surface area contributed by atoms with Crippen LogP contribution in [0.15, 0.2) is 59.6 Å². The highest BCUT2D eigenvalue weighted by atomic mass is 32.2. The SMILES string of the molecule is Cn1cc(-c2cncc(CNS(=O)(=O)Cc3noc4ccccc34)c2)cn1. The maximum absolute atomic E-state index is 12.4. The highest BCUT2D eigenvalue weighted by Crippen LogP contribution is 2.20. The number of benzene rings is 1. The molecular weight excluding hydrogens is 366 g/mol. The molecule has 0 unspecified atom stereocenters. The second kappa shape index (κ2) is 6.93. The molecule has 8 nitrogen and oxygen atoms in total. The van der Waals surface area contributed by atoms with Crippen molar-refractivity contribution in [3.8, 4) is 11.1 Å². The Morgan fingerprint density at radius 3 is 2.81 bits per heavy atom. The van der Waals surface area contributed by atoms with E-state index >= 15 is 0 Å². The molecule has 4 aromatic rings. The molecule has 9 heteroatoms. The zero-order chi connectivity index (χ0) is 18.9. The Kier molecular flexibility index (Phi) is 4.46. The first-order valence-electron chi connectivity index (χ1n) is 8.24. The third kappa shape index (κ3) is 3.88. The van der Waals surface area contributed by atoms with E-state index in [1.165, 1.54) is 0 Å². The highest BCUT2D eigenvalue weighted by molar-refractivity contribution is 7.88. The molecule has 0 atom stereocenters. The van der Waals surface area contributed by atoms with Crippen molar-refractivity contribution < 1.29 is 12.9 Å². The quantitative estimate of drug-likeness (QED) is 0.548. The maximum atomic E-state index is 12.4. The topological polar surface area (TPSA) is 103 Å². The van der Waals surface area contributed by atoms with Crippen LogP contribution in [0.4, 0.5) is 0 Å². The third-order valence-electron chi connectivity index (χ3n) is 4.11. The van der Waals surface area contributed by atoms with E-state index in [1.54, 1.807) is 35.4 Å². The minimum atomic E-state index is -3.58. The van der Waals surface area contributed by atoms with Crippen LogP contribution in [0.5, 0.6) is 0 Å². The monoisotopic (exact) mass is 383 g/mol. The van der Waals surface area contributed by atoms with E-state index in [0.29, 0.717) is 16.7 Å². The number of aromatic nitrogens is 4. The summed E-state index contributed by atoms with van der Waals surface area (Å²) in [6, 6.07) is 9.06. The van der Waals surface area contributed by atoms with Gasteiger partial charge >= 0.3 is 0 Å². The lowest BCUT2D eigenvalue weighted by Gasteiger charge is -2.06. The number of aryl methyl sites for hydroxylation is 1. The Morgan fingerprint density at radius 2 is 2.00 bits per heavy atom. The Bertz CT molecular complexity index is 1200. The lowest BCUT2D eigenvalue weighted by molar-refractivity contribution is 0.448. The first-order chi connectivity index (χ1) is 13.0. The average Bonchev–Trinajstić information content (AvgIpc) is 3.27. The number of para-hydroxylation sites is 1. The molecule has 0 aliphatic rings. The van der Waals surface area contributed by atoms with Gasteiger partial charge in [-0.25, -0.2) is 13.1 Å². The van der Waals surface area contributed by atoms with Crippen LogP contribution in [-0.2, 0) is 29.4 Å². The summed E-state index contributed by atoms with van der Waals surface area (Å²) in [6.07, 6.45) is 6.96. The van der Waals surface area contributed by atoms with Crippen LogP contribution in [-0.4, -0.2) is 28.3 Å². The largest absolute Gasteiger partial charge is 0.356 e. The maximum Gasteiger partial charge on any atom is 0.217 e. The lowest BCUT2D eigenvalue weighted by Crippen LogP contribution is -2.25. The molecule has 4 rings (SSSR count). The van der Waals surface area contributed by atoms with Gasteiger partial charge in [0.05, 0.1) is 6.20 Å². The van der Waals surface area contributed by atoms with Crippen LogP contribution in [0, 0.1) is 0 Å². The number of hydrogen-bond donors (Lipinski definition) is 1. The lowest BCUT2D eigenvalue weighted by atomic mass is 10.1. The van der Waals surface area contributed by atoms with Crippen LogP contribution in [0.3, 0.4) is 0 Å². The van der Waals surface area contributed by atoms with Crippen LogP contribution in [0.1, 0.15) is 11.3 Å². The summed E-state index contributed by atoms with van der Waals surface area (Å²) in [6.45, 7) is 0.138. The summed E-state index contributed by atoms with van der Waals surface area (Å²) in [5.41, 5.74) is 3.51. The van der Waals surface area contributed by atoms with Crippen LogP contribution in [0.25, 0.3) is 22.1 Å². The van der Waals surface area contributed by atoms with Crippen LogP contribution >= 0.6 is 0 Å². The molecule has 0 aliphatic heterocycles. The number of fused-ring (bicyclic) bond motifs is 1. The molecule has 3 heterocycles. The van der Waals surface area contributed by atoms with Gasteiger partial charge in [-0.1, -0.05) is 17.3 Å². The summed E-state index contributed by atoms with van der Waals surface area (Å²) >= 11 is 0. The molecule has 0 radical (unpaired) electrons. The first-order valence-corrected chi connectivity index (χ1v) is 9.89. The van der Waals surface area contributed by atoms with Crippen molar-refractivity contribution in [3.05, 3.63) is 66.4 Å². The predicted molar refractivity (Wildman–Crippen MR) is 99.9 cm³/mol. The van der Waals surface area contributed by atoms with Crippen molar-refractivity contribution in [1.82, 2.24) is 24.6 Å². The van der Waals surface area contributed by atoms with Crippen molar-refractivity contribution in [2.45, 2.75) is 12.3 Å². The van der Waals surface area contributed by atoms with Gasteiger partial charge in [0.25, 0.3) is 0 Å². The number of nitrogens with zero attached hydrogens (tertiary/aromatic N) is 4. The fourth-order valence-corrected chi connectivity index (χ4v) is 3.84. The van der Waals surface area contributed by atoms with Gasteiger partial charge in [-0.2, -0.15) is 5.10 Å². The predicted octanol–water partition coefficient (Wildman–Crippen LogP) is 2.24. The number of pyridine rings is 1. The molecule has 0 aliphatic carbocycles. The molecule has 0 saturated carbocycles. The minimum absolute atomic E-state index is 0.138. The number of rotatable bonds is 6.